The number of para-hydroxylation sites is 1. The molecule has 0 amide bonds. The van der Waals surface area contributed by atoms with Crippen LogP contribution in [0.15, 0.2) is 42.6 Å². The zero-order chi connectivity index (χ0) is 20.1. The number of fused-ring (bicyclic) bond motifs is 1. The van der Waals surface area contributed by atoms with Crippen molar-refractivity contribution in [2.75, 3.05) is 12.4 Å². The highest BCUT2D eigenvalue weighted by atomic mass is 35.5. The van der Waals surface area contributed by atoms with E-state index in [0.29, 0.717) is 33.1 Å². The average Bonchev–Trinajstić information content (AvgIpc) is 2.68. The number of hydrogen-bond acceptors (Lipinski definition) is 7. The summed E-state index contributed by atoms with van der Waals surface area (Å²) in [6.07, 6.45) is 2.37. The third-order valence-electron chi connectivity index (χ3n) is 3.73. The van der Waals surface area contributed by atoms with Crippen molar-refractivity contribution < 1.29 is 18.7 Å². The molecule has 0 bridgehead atoms. The lowest BCUT2D eigenvalue weighted by Gasteiger charge is -2.19. The number of phenols is 1. The number of nitrogens with zero attached hydrogens (tertiary/aromatic N) is 2. The third-order valence-corrected chi connectivity index (χ3v) is 7.90. The molecule has 1 unspecified atom stereocenters. The molecule has 0 saturated heterocycles. The number of aromatic hydroxyl groups is 1. The van der Waals surface area contributed by atoms with Gasteiger partial charge in [-0.15, -0.1) is 0 Å². The van der Waals surface area contributed by atoms with Crippen molar-refractivity contribution in [2.24, 2.45) is 0 Å². The Morgan fingerprint density at radius 1 is 1.21 bits per heavy atom. The van der Waals surface area contributed by atoms with Crippen LogP contribution < -0.4 is 4.52 Å². The van der Waals surface area contributed by atoms with Crippen LogP contribution in [-0.4, -0.2) is 27.4 Å². The molecule has 3 rings (SSSR count). The normalized spacial score (nSPS) is 13.4. The van der Waals surface area contributed by atoms with E-state index in [4.69, 9.17) is 20.6 Å². The van der Waals surface area contributed by atoms with Crippen LogP contribution in [0.3, 0.4) is 0 Å². The molecule has 2 aromatic carbocycles. The predicted octanol–water partition coefficient (Wildman–Crippen LogP) is 6.32. The molecular formula is C19H20ClN2O4PS. The summed E-state index contributed by atoms with van der Waals surface area (Å²) in [6, 6.07) is 10.1. The Kier molecular flexibility index (Phi) is 6.83. The lowest BCUT2D eigenvalue weighted by Crippen LogP contribution is -1.97. The zero-order valence-electron chi connectivity index (χ0n) is 15.5. The summed E-state index contributed by atoms with van der Waals surface area (Å²) in [7, 11) is 0. The number of hydrogen-bond donors (Lipinski definition) is 1. The maximum atomic E-state index is 12.9. The van der Waals surface area contributed by atoms with Crippen molar-refractivity contribution in [2.45, 2.75) is 20.3 Å². The van der Waals surface area contributed by atoms with E-state index < -0.39 is 6.80 Å². The summed E-state index contributed by atoms with van der Waals surface area (Å²) in [6.45, 7) is 0.533. The third kappa shape index (κ3) is 4.78. The molecule has 0 aliphatic heterocycles. The van der Waals surface area contributed by atoms with Crippen molar-refractivity contribution in [1.82, 2.24) is 9.97 Å². The van der Waals surface area contributed by atoms with Crippen LogP contribution in [0.5, 0.6) is 11.5 Å². The molecule has 0 fully saturated rings. The number of halogens is 1. The van der Waals surface area contributed by atoms with Gasteiger partial charge in [0, 0.05) is 16.3 Å². The van der Waals surface area contributed by atoms with Gasteiger partial charge in [-0.2, -0.15) is 0 Å². The zero-order valence-corrected chi connectivity index (χ0v) is 17.9. The Hall–Kier alpha value is -1.79. The Balaban J connectivity index is 1.96. The maximum absolute atomic E-state index is 12.9. The fourth-order valence-corrected chi connectivity index (χ4v) is 6.10. The average molecular weight is 439 g/mol. The molecule has 0 spiro atoms. The van der Waals surface area contributed by atoms with Crippen LogP contribution >= 0.6 is 29.8 Å². The van der Waals surface area contributed by atoms with E-state index in [1.807, 2.05) is 6.92 Å². The molecule has 28 heavy (non-hydrogen) atoms. The lowest BCUT2D eigenvalue weighted by atomic mass is 10.1. The Morgan fingerprint density at radius 3 is 2.79 bits per heavy atom. The van der Waals surface area contributed by atoms with Crippen LogP contribution in [0.25, 0.3) is 22.3 Å². The van der Waals surface area contributed by atoms with E-state index >= 15 is 0 Å². The van der Waals surface area contributed by atoms with Crippen molar-refractivity contribution >= 4 is 40.8 Å². The molecule has 9 heteroatoms. The Morgan fingerprint density at radius 2 is 2.04 bits per heavy atom. The fraction of sp³-hybridized carbons (Fsp3) is 0.263. The van der Waals surface area contributed by atoms with Gasteiger partial charge in [-0.1, -0.05) is 24.6 Å². The monoisotopic (exact) mass is 438 g/mol. The van der Waals surface area contributed by atoms with Gasteiger partial charge in [0.05, 0.1) is 29.5 Å². The van der Waals surface area contributed by atoms with Gasteiger partial charge in [-0.3, -0.25) is 9.51 Å². The topological polar surface area (TPSA) is 81.5 Å². The van der Waals surface area contributed by atoms with Crippen molar-refractivity contribution in [3.05, 3.63) is 47.6 Å². The van der Waals surface area contributed by atoms with Gasteiger partial charge in [0.1, 0.15) is 0 Å². The van der Waals surface area contributed by atoms with Crippen molar-refractivity contribution in [3.8, 4) is 22.8 Å². The van der Waals surface area contributed by atoms with Gasteiger partial charge in [0.2, 0.25) is 0 Å². The van der Waals surface area contributed by atoms with Gasteiger partial charge in [0.15, 0.2) is 11.5 Å². The van der Waals surface area contributed by atoms with E-state index in [1.165, 1.54) is 0 Å². The van der Waals surface area contributed by atoms with Gasteiger partial charge in [0.25, 0.3) is 0 Å². The molecule has 1 aromatic heterocycles. The first kappa shape index (κ1) is 20.9. The molecule has 3 aromatic rings. The summed E-state index contributed by atoms with van der Waals surface area (Å²) in [5, 5.41) is 11.3. The van der Waals surface area contributed by atoms with E-state index in [-0.39, 0.29) is 18.1 Å². The standard InChI is InChI=1S/C19H20ClN2O4PS/c1-3-10-28-27(24,25-4-2)26-18-7-5-6-14(19(18)23)17-12-21-16-11-13(20)8-9-15(16)22-17/h5-9,11-12,23H,3-4,10H2,1-2H3. The van der Waals surface area contributed by atoms with Gasteiger partial charge in [-0.25, -0.2) is 9.55 Å². The van der Waals surface area contributed by atoms with Crippen LogP contribution in [0, 0.1) is 0 Å². The minimum Gasteiger partial charge on any atom is -0.504 e. The molecule has 1 heterocycles. The molecule has 6 nitrogen and oxygen atoms in total. The van der Waals surface area contributed by atoms with Crippen molar-refractivity contribution in [3.63, 3.8) is 0 Å². The molecule has 0 saturated carbocycles. The van der Waals surface area contributed by atoms with Gasteiger partial charge >= 0.3 is 6.80 Å². The Bertz CT molecular complexity index is 1030. The number of rotatable bonds is 8. The van der Waals surface area contributed by atoms with E-state index in [2.05, 4.69) is 9.97 Å². The molecule has 1 N–H and O–H groups in total. The smallest absolute Gasteiger partial charge is 0.440 e. The summed E-state index contributed by atoms with van der Waals surface area (Å²) in [4.78, 5) is 8.88. The van der Waals surface area contributed by atoms with Gasteiger partial charge in [-0.05, 0) is 55.1 Å². The summed E-state index contributed by atoms with van der Waals surface area (Å²) in [5.41, 5.74) is 2.18. The molecule has 148 valence electrons. The SMILES string of the molecule is CCCSP(=O)(OCC)Oc1cccc(-c2cnc3cc(Cl)ccc3n2)c1O. The fourth-order valence-electron chi connectivity index (χ4n) is 2.49. The molecular weight excluding hydrogens is 419 g/mol. The second kappa shape index (κ2) is 9.14. The quantitative estimate of drug-likeness (QED) is 0.412. The summed E-state index contributed by atoms with van der Waals surface area (Å²) >= 11 is 7.10. The Labute approximate surface area is 172 Å². The highest BCUT2D eigenvalue weighted by molar-refractivity contribution is 8.55. The minimum absolute atomic E-state index is 0.0795. The lowest BCUT2D eigenvalue weighted by molar-refractivity contribution is 0.292. The first-order chi connectivity index (χ1) is 13.5. The van der Waals surface area contributed by atoms with Crippen LogP contribution in [0.4, 0.5) is 0 Å². The molecule has 0 aliphatic carbocycles. The minimum atomic E-state index is -3.43. The second-order valence-electron chi connectivity index (χ2n) is 5.83. The molecule has 1 atom stereocenters. The summed E-state index contributed by atoms with van der Waals surface area (Å²) in [5.74, 6) is 0.536. The van der Waals surface area contributed by atoms with Crippen LogP contribution in [0.1, 0.15) is 20.3 Å². The first-order valence-corrected chi connectivity index (χ1v) is 12.3. The largest absolute Gasteiger partial charge is 0.504 e. The van der Waals surface area contributed by atoms with Crippen LogP contribution in [-0.2, 0) is 9.09 Å². The maximum Gasteiger partial charge on any atom is 0.440 e. The first-order valence-electron chi connectivity index (χ1n) is 8.79. The van der Waals surface area contributed by atoms with Gasteiger partial charge < -0.3 is 9.63 Å². The number of aromatic nitrogens is 2. The molecule has 0 aliphatic rings. The number of phenolic OH excluding ortho intramolecular Hbond substituents is 1. The second-order valence-corrected chi connectivity index (χ2v) is 10.4. The highest BCUT2D eigenvalue weighted by Gasteiger charge is 2.28. The predicted molar refractivity (Wildman–Crippen MR) is 114 cm³/mol. The molecule has 0 radical (unpaired) electrons. The van der Waals surface area contributed by atoms with Crippen molar-refractivity contribution in [1.29, 1.82) is 0 Å². The van der Waals surface area contributed by atoms with E-state index in [9.17, 15) is 9.67 Å². The number of benzene rings is 2. The highest BCUT2D eigenvalue weighted by Crippen LogP contribution is 2.61. The van der Waals surface area contributed by atoms with E-state index in [0.717, 1.165) is 17.8 Å². The van der Waals surface area contributed by atoms with E-state index in [1.54, 1.807) is 49.5 Å². The van der Waals surface area contributed by atoms with Crippen LogP contribution in [0.2, 0.25) is 5.02 Å². The summed E-state index contributed by atoms with van der Waals surface area (Å²) < 4.78 is 23.9.